The molecule has 2 aromatic rings. The molecule has 0 radical (unpaired) electrons. The average Bonchev–Trinajstić information content (AvgIpc) is 2.77. The number of nitriles is 1. The molecule has 5 heteroatoms. The Balaban J connectivity index is 2.52. The second-order valence-corrected chi connectivity index (χ2v) is 4.62. The van der Waals surface area contributed by atoms with Crippen molar-refractivity contribution >= 4 is 11.3 Å². The summed E-state index contributed by atoms with van der Waals surface area (Å²) >= 11 is 1.34. The van der Waals surface area contributed by atoms with Crippen LogP contribution in [0.2, 0.25) is 0 Å². The van der Waals surface area contributed by atoms with Crippen molar-refractivity contribution in [3.63, 3.8) is 0 Å². The Labute approximate surface area is 97.6 Å². The molecule has 16 heavy (non-hydrogen) atoms. The molecule has 80 valence electrons. The molecular formula is C11H10N4S. The fraction of sp³-hybridized carbons (Fsp3) is 0.273. The van der Waals surface area contributed by atoms with E-state index >= 15 is 0 Å². The molecular weight excluding hydrogens is 220 g/mol. The molecule has 2 heterocycles. The molecule has 4 nitrogen and oxygen atoms in total. The third-order valence-corrected chi connectivity index (χ3v) is 3.02. The minimum absolute atomic E-state index is 0.302. The van der Waals surface area contributed by atoms with Crippen LogP contribution >= 0.6 is 11.3 Å². The summed E-state index contributed by atoms with van der Waals surface area (Å²) in [6.07, 6.45) is 5.02. The van der Waals surface area contributed by atoms with E-state index in [-0.39, 0.29) is 0 Å². The maximum Gasteiger partial charge on any atom is 0.194 e. The maximum absolute atomic E-state index is 8.74. The lowest BCUT2D eigenvalue weighted by Gasteiger charge is -2.07. The van der Waals surface area contributed by atoms with Gasteiger partial charge in [0.1, 0.15) is 11.8 Å². The van der Waals surface area contributed by atoms with Crippen LogP contribution in [-0.4, -0.2) is 15.0 Å². The first-order valence-corrected chi connectivity index (χ1v) is 5.71. The molecule has 0 aliphatic heterocycles. The Morgan fingerprint density at radius 3 is 2.62 bits per heavy atom. The van der Waals surface area contributed by atoms with Gasteiger partial charge in [0, 0.05) is 18.6 Å². The van der Waals surface area contributed by atoms with Crippen LogP contribution in [0.5, 0.6) is 0 Å². The van der Waals surface area contributed by atoms with E-state index in [2.05, 4.69) is 28.8 Å². The van der Waals surface area contributed by atoms with Crippen molar-refractivity contribution in [2.75, 3.05) is 0 Å². The van der Waals surface area contributed by atoms with Gasteiger partial charge in [-0.2, -0.15) is 5.26 Å². The van der Waals surface area contributed by atoms with E-state index in [4.69, 9.17) is 5.26 Å². The van der Waals surface area contributed by atoms with Gasteiger partial charge in [0.25, 0.3) is 0 Å². The molecule has 0 aliphatic carbocycles. The first-order valence-electron chi connectivity index (χ1n) is 4.89. The standard InChI is InChI=1S/C11H10N4S/c1-7(2)10-11(14-4-3-13-10)8-6-15-9(5-12)16-8/h3-4,6-7H,1-2H3. The van der Waals surface area contributed by atoms with Crippen molar-refractivity contribution in [1.29, 1.82) is 5.26 Å². The van der Waals surface area contributed by atoms with E-state index in [1.165, 1.54) is 11.3 Å². The van der Waals surface area contributed by atoms with Gasteiger partial charge in [-0.1, -0.05) is 13.8 Å². The summed E-state index contributed by atoms with van der Waals surface area (Å²) in [5, 5.41) is 9.19. The fourth-order valence-electron chi connectivity index (χ4n) is 1.40. The van der Waals surface area contributed by atoms with Crippen molar-refractivity contribution in [1.82, 2.24) is 15.0 Å². The third-order valence-electron chi connectivity index (χ3n) is 2.11. The number of hydrogen-bond acceptors (Lipinski definition) is 5. The fourth-order valence-corrected chi connectivity index (χ4v) is 2.12. The van der Waals surface area contributed by atoms with Crippen molar-refractivity contribution in [2.24, 2.45) is 0 Å². The second-order valence-electron chi connectivity index (χ2n) is 3.59. The van der Waals surface area contributed by atoms with Crippen LogP contribution in [-0.2, 0) is 0 Å². The van der Waals surface area contributed by atoms with Crippen LogP contribution in [0.1, 0.15) is 30.5 Å². The van der Waals surface area contributed by atoms with Gasteiger partial charge in [-0.3, -0.25) is 9.97 Å². The highest BCUT2D eigenvalue weighted by Gasteiger charge is 2.13. The number of nitrogens with zero attached hydrogens (tertiary/aromatic N) is 4. The zero-order valence-electron chi connectivity index (χ0n) is 9.01. The topological polar surface area (TPSA) is 62.5 Å². The summed E-state index contributed by atoms with van der Waals surface area (Å²) in [6, 6.07) is 2.03. The monoisotopic (exact) mass is 230 g/mol. The predicted molar refractivity (Wildman–Crippen MR) is 61.9 cm³/mol. The summed E-state index contributed by atoms with van der Waals surface area (Å²) in [5.74, 6) is 0.302. The Morgan fingerprint density at radius 2 is 2.00 bits per heavy atom. The van der Waals surface area contributed by atoms with Crippen molar-refractivity contribution in [3.8, 4) is 16.6 Å². The summed E-state index contributed by atoms with van der Waals surface area (Å²) in [7, 11) is 0. The molecule has 0 atom stereocenters. The van der Waals surface area contributed by atoms with Crippen molar-refractivity contribution < 1.29 is 0 Å². The van der Waals surface area contributed by atoms with Crippen molar-refractivity contribution in [3.05, 3.63) is 29.3 Å². The van der Waals surface area contributed by atoms with Gasteiger partial charge in [-0.05, 0) is 5.92 Å². The highest BCUT2D eigenvalue weighted by molar-refractivity contribution is 7.15. The van der Waals surface area contributed by atoms with E-state index in [1.807, 2.05) is 6.07 Å². The number of rotatable bonds is 2. The Hall–Kier alpha value is -1.80. The normalized spacial score (nSPS) is 10.4. The third kappa shape index (κ3) is 1.92. The lowest BCUT2D eigenvalue weighted by molar-refractivity contribution is 0.816. The first-order chi connectivity index (χ1) is 7.72. The lowest BCUT2D eigenvalue weighted by atomic mass is 10.1. The Morgan fingerprint density at radius 1 is 1.25 bits per heavy atom. The highest BCUT2D eigenvalue weighted by Crippen LogP contribution is 2.29. The van der Waals surface area contributed by atoms with Crippen molar-refractivity contribution in [2.45, 2.75) is 19.8 Å². The summed E-state index contributed by atoms with van der Waals surface area (Å²) < 4.78 is 0. The summed E-state index contributed by atoms with van der Waals surface area (Å²) in [4.78, 5) is 13.5. The molecule has 0 unspecified atom stereocenters. The van der Waals surface area contributed by atoms with Crippen LogP contribution in [0.4, 0.5) is 0 Å². The molecule has 2 rings (SSSR count). The molecule has 0 saturated carbocycles. The van der Waals surface area contributed by atoms with Gasteiger partial charge in [0.15, 0.2) is 5.01 Å². The molecule has 0 aromatic carbocycles. The second kappa shape index (κ2) is 4.37. The SMILES string of the molecule is CC(C)c1nccnc1-c1cnc(C#N)s1. The van der Waals surface area contributed by atoms with E-state index in [0.717, 1.165) is 16.3 Å². The molecule has 0 aliphatic rings. The number of hydrogen-bond donors (Lipinski definition) is 0. The Bertz CT molecular complexity index is 539. The molecule has 0 fully saturated rings. The van der Waals surface area contributed by atoms with Crippen LogP contribution in [0.3, 0.4) is 0 Å². The van der Waals surface area contributed by atoms with Gasteiger partial charge in [0.2, 0.25) is 0 Å². The minimum atomic E-state index is 0.302. The molecule has 0 spiro atoms. The lowest BCUT2D eigenvalue weighted by Crippen LogP contribution is -1.97. The average molecular weight is 230 g/mol. The van der Waals surface area contributed by atoms with Gasteiger partial charge in [-0.25, -0.2) is 4.98 Å². The van der Waals surface area contributed by atoms with Gasteiger partial charge >= 0.3 is 0 Å². The summed E-state index contributed by atoms with van der Waals surface area (Å²) in [5.41, 5.74) is 1.77. The zero-order valence-corrected chi connectivity index (χ0v) is 9.82. The van der Waals surface area contributed by atoms with Gasteiger partial charge in [0.05, 0.1) is 10.6 Å². The van der Waals surface area contributed by atoms with E-state index in [0.29, 0.717) is 10.9 Å². The van der Waals surface area contributed by atoms with Crippen LogP contribution < -0.4 is 0 Å². The van der Waals surface area contributed by atoms with Gasteiger partial charge < -0.3 is 0 Å². The van der Waals surface area contributed by atoms with Crippen LogP contribution in [0.15, 0.2) is 18.6 Å². The van der Waals surface area contributed by atoms with E-state index in [1.54, 1.807) is 18.6 Å². The highest BCUT2D eigenvalue weighted by atomic mass is 32.1. The number of thiazole rings is 1. The largest absolute Gasteiger partial charge is 0.257 e. The van der Waals surface area contributed by atoms with Gasteiger partial charge in [-0.15, -0.1) is 11.3 Å². The quantitative estimate of drug-likeness (QED) is 0.795. The minimum Gasteiger partial charge on any atom is -0.257 e. The van der Waals surface area contributed by atoms with Crippen LogP contribution in [0, 0.1) is 11.3 Å². The van der Waals surface area contributed by atoms with E-state index < -0.39 is 0 Å². The molecule has 0 N–H and O–H groups in total. The molecule has 0 bridgehead atoms. The molecule has 0 amide bonds. The van der Waals surface area contributed by atoms with Crippen LogP contribution in [0.25, 0.3) is 10.6 Å². The molecule has 2 aromatic heterocycles. The first kappa shape index (κ1) is 10.7. The molecule has 0 saturated heterocycles. The van der Waals surface area contributed by atoms with E-state index in [9.17, 15) is 0 Å². The maximum atomic E-state index is 8.74. The summed E-state index contributed by atoms with van der Waals surface area (Å²) in [6.45, 7) is 4.14. The Kier molecular flexibility index (Phi) is 2.93. The smallest absolute Gasteiger partial charge is 0.194 e. The zero-order chi connectivity index (χ0) is 11.5. The number of aromatic nitrogens is 3. The predicted octanol–water partition coefficient (Wildman–Crippen LogP) is 2.60.